The van der Waals surface area contributed by atoms with Crippen molar-refractivity contribution in [2.75, 3.05) is 0 Å². The Labute approximate surface area is 109 Å². The molecule has 1 unspecified atom stereocenters. The lowest BCUT2D eigenvalue weighted by Crippen LogP contribution is -2.19. The van der Waals surface area contributed by atoms with Crippen molar-refractivity contribution in [2.24, 2.45) is 0 Å². The monoisotopic (exact) mass is 263 g/mol. The van der Waals surface area contributed by atoms with Gasteiger partial charge in [-0.2, -0.15) is 0 Å². The molecule has 6 nitrogen and oxygen atoms in total. The zero-order valence-electron chi connectivity index (χ0n) is 10.1. The third-order valence-corrected chi connectivity index (χ3v) is 2.86. The molecule has 0 aliphatic carbocycles. The van der Waals surface area contributed by atoms with Crippen LogP contribution in [0, 0.1) is 5.21 Å². The highest BCUT2D eigenvalue weighted by Crippen LogP contribution is 2.17. The van der Waals surface area contributed by atoms with Crippen LogP contribution < -0.4 is 0 Å². The largest absolute Gasteiger partial charge is 0.481 e. The van der Waals surface area contributed by atoms with Gasteiger partial charge in [0.25, 0.3) is 11.5 Å². The van der Waals surface area contributed by atoms with Crippen LogP contribution in [-0.2, 0) is 9.63 Å². The summed E-state index contributed by atoms with van der Waals surface area (Å²) < 4.78 is 0. The standard InChI is InChI=1S/C13H13NO5/c15-12(16)7-6-10-8-11(14(18)19-10)13(17)9-4-2-1-3-5-9/h1-5,10H,6-8H2,(H,15,16). The molecular formula is C13H13NO5. The van der Waals surface area contributed by atoms with E-state index >= 15 is 0 Å². The van der Waals surface area contributed by atoms with Gasteiger partial charge >= 0.3 is 5.97 Å². The van der Waals surface area contributed by atoms with Gasteiger partial charge in [-0.3, -0.25) is 14.8 Å². The Morgan fingerprint density at radius 2 is 2.05 bits per heavy atom. The van der Waals surface area contributed by atoms with E-state index < -0.39 is 12.1 Å². The highest BCUT2D eigenvalue weighted by atomic mass is 16.9. The maximum absolute atomic E-state index is 12.1. The highest BCUT2D eigenvalue weighted by molar-refractivity contribution is 6.44. The van der Waals surface area contributed by atoms with Crippen molar-refractivity contribution in [3.8, 4) is 0 Å². The van der Waals surface area contributed by atoms with Gasteiger partial charge in [-0.1, -0.05) is 30.3 Å². The van der Waals surface area contributed by atoms with E-state index in [-0.39, 0.29) is 35.7 Å². The zero-order valence-corrected chi connectivity index (χ0v) is 10.1. The average Bonchev–Trinajstić information content (AvgIpc) is 2.78. The van der Waals surface area contributed by atoms with Gasteiger partial charge in [-0.15, -0.1) is 0 Å². The average molecular weight is 263 g/mol. The van der Waals surface area contributed by atoms with E-state index in [1.54, 1.807) is 30.3 Å². The molecule has 1 aromatic carbocycles. The van der Waals surface area contributed by atoms with Crippen LogP contribution >= 0.6 is 0 Å². The molecule has 0 amide bonds. The topological polar surface area (TPSA) is 89.7 Å². The molecule has 100 valence electrons. The van der Waals surface area contributed by atoms with Crippen molar-refractivity contribution in [2.45, 2.75) is 25.4 Å². The number of nitrogens with zero attached hydrogens (tertiary/aromatic N) is 1. The molecular weight excluding hydrogens is 250 g/mol. The van der Waals surface area contributed by atoms with Gasteiger partial charge in [-0.25, -0.2) is 0 Å². The van der Waals surface area contributed by atoms with Gasteiger partial charge in [0.1, 0.15) is 0 Å². The fourth-order valence-electron chi connectivity index (χ4n) is 1.90. The summed E-state index contributed by atoms with van der Waals surface area (Å²) >= 11 is 0. The molecule has 0 radical (unpaired) electrons. The molecule has 0 bridgehead atoms. The van der Waals surface area contributed by atoms with Crippen molar-refractivity contribution < 1.29 is 24.4 Å². The van der Waals surface area contributed by atoms with Crippen molar-refractivity contribution in [3.05, 3.63) is 41.1 Å². The molecule has 0 saturated heterocycles. The number of hydrogen-bond acceptors (Lipinski definition) is 4. The summed E-state index contributed by atoms with van der Waals surface area (Å²) in [6.45, 7) is 0. The number of carbonyl (C=O) groups is 2. The first-order valence-corrected chi connectivity index (χ1v) is 5.89. The van der Waals surface area contributed by atoms with E-state index in [2.05, 4.69) is 0 Å². The Hall–Kier alpha value is -2.37. The number of Topliss-reactive ketones (excluding diaryl/α,β-unsaturated/α-hetero) is 1. The number of carbonyl (C=O) groups excluding carboxylic acids is 1. The third kappa shape index (κ3) is 3.09. The van der Waals surface area contributed by atoms with Crippen LogP contribution in [-0.4, -0.2) is 33.6 Å². The van der Waals surface area contributed by atoms with Gasteiger partial charge < -0.3 is 9.94 Å². The third-order valence-electron chi connectivity index (χ3n) is 2.86. The van der Waals surface area contributed by atoms with Crippen LogP contribution in [0.3, 0.4) is 0 Å². The first-order valence-electron chi connectivity index (χ1n) is 5.89. The van der Waals surface area contributed by atoms with Crippen LogP contribution in [0.25, 0.3) is 0 Å². The van der Waals surface area contributed by atoms with Gasteiger partial charge in [0.15, 0.2) is 0 Å². The maximum atomic E-state index is 12.1. The second-order valence-corrected chi connectivity index (χ2v) is 4.26. The van der Waals surface area contributed by atoms with Crippen molar-refractivity contribution >= 4 is 17.5 Å². The molecule has 0 aromatic heterocycles. The van der Waals surface area contributed by atoms with Gasteiger partial charge in [0.05, 0.1) is 12.5 Å². The van der Waals surface area contributed by atoms with Crippen LogP contribution in [0.15, 0.2) is 30.3 Å². The lowest BCUT2D eigenvalue weighted by atomic mass is 10.0. The molecule has 1 aliphatic rings. The highest BCUT2D eigenvalue weighted by Gasteiger charge is 2.34. The minimum Gasteiger partial charge on any atom is -0.481 e. The summed E-state index contributed by atoms with van der Waals surface area (Å²) in [6, 6.07) is 8.43. The molecule has 1 aromatic rings. The quantitative estimate of drug-likeness (QED) is 0.640. The number of hydrogen-bond donors (Lipinski definition) is 1. The summed E-state index contributed by atoms with van der Waals surface area (Å²) in [5, 5.41) is 20.1. The van der Waals surface area contributed by atoms with E-state index in [1.807, 2.05) is 0 Å². The van der Waals surface area contributed by atoms with E-state index in [9.17, 15) is 14.8 Å². The lowest BCUT2D eigenvalue weighted by molar-refractivity contribution is -0.740. The Morgan fingerprint density at radius 1 is 1.37 bits per heavy atom. The molecule has 1 heterocycles. The second kappa shape index (κ2) is 5.51. The van der Waals surface area contributed by atoms with Gasteiger partial charge in [0, 0.05) is 16.9 Å². The zero-order chi connectivity index (χ0) is 13.8. The Morgan fingerprint density at radius 3 is 2.68 bits per heavy atom. The Bertz CT molecular complexity index is 523. The fourth-order valence-corrected chi connectivity index (χ4v) is 1.90. The van der Waals surface area contributed by atoms with Gasteiger partial charge in [0.2, 0.25) is 0 Å². The number of aliphatic carboxylic acids is 1. The molecule has 19 heavy (non-hydrogen) atoms. The van der Waals surface area contributed by atoms with E-state index in [1.165, 1.54) is 0 Å². The lowest BCUT2D eigenvalue weighted by Gasteiger charge is -2.08. The first kappa shape index (κ1) is 13.1. The first-order chi connectivity index (χ1) is 9.08. The number of rotatable bonds is 5. The van der Waals surface area contributed by atoms with Crippen LogP contribution in [0.5, 0.6) is 0 Å². The Kier molecular flexibility index (Phi) is 3.79. The SMILES string of the molecule is O=C(O)CCC1CC(C(=O)c2ccccc2)=[N+]([O-])O1. The predicted molar refractivity (Wildman–Crippen MR) is 65.8 cm³/mol. The molecule has 0 fully saturated rings. The normalized spacial score (nSPS) is 18.2. The van der Waals surface area contributed by atoms with Crippen LogP contribution in [0.2, 0.25) is 0 Å². The van der Waals surface area contributed by atoms with Crippen molar-refractivity contribution in [1.82, 2.24) is 0 Å². The van der Waals surface area contributed by atoms with Crippen LogP contribution in [0.1, 0.15) is 29.6 Å². The van der Waals surface area contributed by atoms with E-state index in [0.717, 1.165) is 0 Å². The molecule has 2 rings (SSSR count). The summed E-state index contributed by atoms with van der Waals surface area (Å²) in [5.74, 6) is -1.34. The number of carboxylic acids is 1. The van der Waals surface area contributed by atoms with Gasteiger partial charge in [-0.05, 0) is 6.42 Å². The Balaban J connectivity index is 2.03. The second-order valence-electron chi connectivity index (χ2n) is 4.26. The maximum Gasteiger partial charge on any atom is 0.303 e. The summed E-state index contributed by atoms with van der Waals surface area (Å²) in [6.07, 6.45) is -0.286. The summed E-state index contributed by atoms with van der Waals surface area (Å²) in [5.41, 5.74) is 0.433. The molecule has 0 saturated carbocycles. The number of benzene rings is 1. The predicted octanol–water partition coefficient (Wildman–Crippen LogP) is 1.39. The number of ketones is 1. The van der Waals surface area contributed by atoms with Crippen molar-refractivity contribution in [1.29, 1.82) is 0 Å². The smallest absolute Gasteiger partial charge is 0.303 e. The summed E-state index contributed by atoms with van der Waals surface area (Å²) in [4.78, 5) is 27.7. The minimum absolute atomic E-state index is 0.0154. The van der Waals surface area contributed by atoms with E-state index in [0.29, 0.717) is 5.56 Å². The summed E-state index contributed by atoms with van der Waals surface area (Å²) in [7, 11) is 0. The van der Waals surface area contributed by atoms with E-state index in [4.69, 9.17) is 9.94 Å². The molecule has 6 heteroatoms. The minimum atomic E-state index is -0.955. The number of carboxylic acid groups (broad SMARTS) is 1. The molecule has 0 spiro atoms. The van der Waals surface area contributed by atoms with Crippen molar-refractivity contribution in [3.63, 3.8) is 0 Å². The molecule has 1 atom stereocenters. The molecule has 1 aliphatic heterocycles. The fraction of sp³-hybridized carbons (Fsp3) is 0.308. The molecule has 1 N–H and O–H groups in total. The van der Waals surface area contributed by atoms with Crippen LogP contribution in [0.4, 0.5) is 0 Å².